The number of benzene rings is 1. The Morgan fingerprint density at radius 1 is 1.17 bits per heavy atom. The molecule has 0 N–H and O–H groups in total. The van der Waals surface area contributed by atoms with Crippen LogP contribution in [-0.2, 0) is 21.4 Å². The van der Waals surface area contributed by atoms with Crippen LogP contribution in [0, 0.1) is 13.8 Å². The maximum absolute atomic E-state index is 13.1. The van der Waals surface area contributed by atoms with Crippen molar-refractivity contribution in [3.05, 3.63) is 52.3 Å². The Morgan fingerprint density at radius 2 is 1.83 bits per heavy atom. The van der Waals surface area contributed by atoms with Gasteiger partial charge in [-0.05, 0) is 38.5 Å². The molecule has 1 aliphatic rings. The predicted molar refractivity (Wildman–Crippen MR) is 113 cm³/mol. The summed E-state index contributed by atoms with van der Waals surface area (Å²) < 4.78 is 29.4. The van der Waals surface area contributed by atoms with Gasteiger partial charge in [-0.2, -0.15) is 9.40 Å². The van der Waals surface area contributed by atoms with E-state index < -0.39 is 10.0 Å². The van der Waals surface area contributed by atoms with Crippen molar-refractivity contribution >= 4 is 33.6 Å². The molecular weight excluding hydrogens is 412 g/mol. The van der Waals surface area contributed by atoms with Crippen LogP contribution in [0.5, 0.6) is 0 Å². The van der Waals surface area contributed by atoms with E-state index in [-0.39, 0.29) is 23.9 Å². The highest BCUT2D eigenvalue weighted by Crippen LogP contribution is 2.24. The molecular formula is C20H25ClN4O3S. The third-order valence-corrected chi connectivity index (χ3v) is 7.57. The summed E-state index contributed by atoms with van der Waals surface area (Å²) in [5.74, 6) is -0.159. The summed E-state index contributed by atoms with van der Waals surface area (Å²) in [6.07, 6.45) is 3.16. The van der Waals surface area contributed by atoms with Crippen LogP contribution in [-0.4, -0.2) is 59.5 Å². The van der Waals surface area contributed by atoms with Crippen LogP contribution in [0.3, 0.4) is 0 Å². The Morgan fingerprint density at radius 3 is 2.41 bits per heavy atom. The van der Waals surface area contributed by atoms with Crippen LogP contribution in [0.25, 0.3) is 6.08 Å². The largest absolute Gasteiger partial charge is 0.337 e. The number of amides is 1. The summed E-state index contributed by atoms with van der Waals surface area (Å²) in [6.45, 7) is 7.21. The van der Waals surface area contributed by atoms with Crippen molar-refractivity contribution in [3.63, 3.8) is 0 Å². The fraction of sp³-hybridized carbons (Fsp3) is 0.400. The molecule has 0 saturated carbocycles. The predicted octanol–water partition coefficient (Wildman–Crippen LogP) is 2.72. The third-order valence-electron chi connectivity index (χ3n) is 5.07. The highest BCUT2D eigenvalue weighted by molar-refractivity contribution is 7.89. The average molecular weight is 437 g/mol. The first kappa shape index (κ1) is 21.5. The van der Waals surface area contributed by atoms with E-state index in [1.807, 2.05) is 25.1 Å². The second-order valence-corrected chi connectivity index (χ2v) is 9.18. The topological polar surface area (TPSA) is 75.5 Å². The quantitative estimate of drug-likeness (QED) is 0.675. The number of aryl methyl sites for hydroxylation is 2. The number of sulfonamides is 1. The molecule has 1 amide bonds. The van der Waals surface area contributed by atoms with E-state index in [2.05, 4.69) is 5.10 Å². The molecule has 1 aromatic carbocycles. The normalized spacial score (nSPS) is 15.9. The monoisotopic (exact) mass is 436 g/mol. The summed E-state index contributed by atoms with van der Waals surface area (Å²) in [5, 5.41) is 4.89. The highest BCUT2D eigenvalue weighted by atomic mass is 35.5. The van der Waals surface area contributed by atoms with Crippen molar-refractivity contribution in [2.75, 3.05) is 26.2 Å². The Balaban J connectivity index is 1.68. The number of hydrogen-bond donors (Lipinski definition) is 0. The molecule has 0 spiro atoms. The zero-order chi connectivity index (χ0) is 21.2. The summed E-state index contributed by atoms with van der Waals surface area (Å²) in [5.41, 5.74) is 1.92. The van der Waals surface area contributed by atoms with E-state index in [9.17, 15) is 13.2 Å². The van der Waals surface area contributed by atoms with Gasteiger partial charge in [-0.3, -0.25) is 9.48 Å². The van der Waals surface area contributed by atoms with E-state index in [0.717, 1.165) is 5.56 Å². The average Bonchev–Trinajstić information content (AvgIpc) is 3.01. The standard InChI is InChI=1S/C20H25ClN4O3S/c1-4-25-16(3)20(15(2)22-25)29(27,28)24-13-11-23(12-14-24)19(26)10-9-17-7-5-6-8-18(17)21/h5-10H,4,11-14H2,1-3H3. The van der Waals surface area contributed by atoms with Crippen LogP contribution in [0.4, 0.5) is 0 Å². The van der Waals surface area contributed by atoms with Crippen molar-refractivity contribution in [3.8, 4) is 0 Å². The number of rotatable bonds is 5. The molecule has 1 aromatic heterocycles. The number of piperazine rings is 1. The fourth-order valence-electron chi connectivity index (χ4n) is 3.52. The number of halogens is 1. The molecule has 156 valence electrons. The third kappa shape index (κ3) is 4.39. The first-order valence-electron chi connectivity index (χ1n) is 9.51. The molecule has 0 radical (unpaired) electrons. The van der Waals surface area contributed by atoms with Gasteiger partial charge in [-0.25, -0.2) is 8.42 Å². The number of carbonyl (C=O) groups excluding carboxylic acids is 1. The number of aromatic nitrogens is 2. The molecule has 1 aliphatic heterocycles. The second kappa shape index (κ2) is 8.69. The smallest absolute Gasteiger partial charge is 0.246 e. The molecule has 1 fully saturated rings. The van der Waals surface area contributed by atoms with Crippen molar-refractivity contribution in [1.29, 1.82) is 0 Å². The molecule has 7 nitrogen and oxygen atoms in total. The zero-order valence-electron chi connectivity index (χ0n) is 16.8. The van der Waals surface area contributed by atoms with Crippen LogP contribution < -0.4 is 0 Å². The fourth-order valence-corrected chi connectivity index (χ4v) is 5.51. The second-order valence-electron chi connectivity index (χ2n) is 6.90. The minimum absolute atomic E-state index is 0.159. The lowest BCUT2D eigenvalue weighted by Crippen LogP contribution is -2.50. The van der Waals surface area contributed by atoms with Crippen molar-refractivity contribution in [2.24, 2.45) is 0 Å². The molecule has 2 heterocycles. The molecule has 29 heavy (non-hydrogen) atoms. The zero-order valence-corrected chi connectivity index (χ0v) is 18.4. The van der Waals surface area contributed by atoms with Crippen molar-refractivity contribution in [2.45, 2.75) is 32.2 Å². The molecule has 1 saturated heterocycles. The minimum Gasteiger partial charge on any atom is -0.337 e. The van der Waals surface area contributed by atoms with Gasteiger partial charge < -0.3 is 4.90 Å². The maximum Gasteiger partial charge on any atom is 0.246 e. The van der Waals surface area contributed by atoms with Gasteiger partial charge in [0.1, 0.15) is 4.90 Å². The summed E-state index contributed by atoms with van der Waals surface area (Å²) >= 11 is 6.10. The van der Waals surface area contributed by atoms with E-state index in [1.54, 1.807) is 35.6 Å². The molecule has 0 aliphatic carbocycles. The number of hydrogen-bond acceptors (Lipinski definition) is 4. The molecule has 0 bridgehead atoms. The summed E-state index contributed by atoms with van der Waals surface area (Å²) in [7, 11) is -3.65. The Kier molecular flexibility index (Phi) is 6.45. The Hall–Kier alpha value is -2.16. The molecule has 2 aromatic rings. The molecule has 0 unspecified atom stereocenters. The lowest BCUT2D eigenvalue weighted by molar-refractivity contribution is -0.127. The first-order chi connectivity index (χ1) is 13.8. The van der Waals surface area contributed by atoms with E-state index >= 15 is 0 Å². The van der Waals surface area contributed by atoms with Gasteiger partial charge in [0.15, 0.2) is 0 Å². The molecule has 9 heteroatoms. The lowest BCUT2D eigenvalue weighted by Gasteiger charge is -2.33. The summed E-state index contributed by atoms with van der Waals surface area (Å²) in [4.78, 5) is 14.4. The van der Waals surface area contributed by atoms with E-state index in [4.69, 9.17) is 11.6 Å². The molecule has 0 atom stereocenters. The van der Waals surface area contributed by atoms with Gasteiger partial charge in [0.2, 0.25) is 15.9 Å². The SMILES string of the molecule is CCn1nc(C)c(S(=O)(=O)N2CCN(C(=O)C=Cc3ccccc3Cl)CC2)c1C. The van der Waals surface area contributed by atoms with Crippen LogP contribution in [0.1, 0.15) is 23.9 Å². The Labute approximate surface area is 176 Å². The number of nitrogens with zero attached hydrogens (tertiary/aromatic N) is 4. The Bertz CT molecular complexity index is 1040. The number of carbonyl (C=O) groups is 1. The first-order valence-corrected chi connectivity index (χ1v) is 11.3. The van der Waals surface area contributed by atoms with Gasteiger partial charge >= 0.3 is 0 Å². The van der Waals surface area contributed by atoms with Crippen molar-refractivity contribution in [1.82, 2.24) is 19.0 Å². The van der Waals surface area contributed by atoms with Crippen LogP contribution >= 0.6 is 11.6 Å². The highest BCUT2D eigenvalue weighted by Gasteiger charge is 2.33. The van der Waals surface area contributed by atoms with Gasteiger partial charge in [0.05, 0.1) is 11.4 Å². The van der Waals surface area contributed by atoms with Crippen molar-refractivity contribution < 1.29 is 13.2 Å². The van der Waals surface area contributed by atoms with Gasteiger partial charge in [0, 0.05) is 43.8 Å². The molecule has 3 rings (SSSR count). The van der Waals surface area contributed by atoms with E-state index in [0.29, 0.717) is 36.0 Å². The van der Waals surface area contributed by atoms with Gasteiger partial charge in [0.25, 0.3) is 0 Å². The van der Waals surface area contributed by atoms with Gasteiger partial charge in [-0.1, -0.05) is 29.8 Å². The summed E-state index contributed by atoms with van der Waals surface area (Å²) in [6, 6.07) is 7.27. The maximum atomic E-state index is 13.1. The van der Waals surface area contributed by atoms with Gasteiger partial charge in [-0.15, -0.1) is 0 Å². The van der Waals surface area contributed by atoms with Crippen LogP contribution in [0.2, 0.25) is 5.02 Å². The lowest BCUT2D eigenvalue weighted by atomic mass is 10.2. The van der Waals surface area contributed by atoms with E-state index in [1.165, 1.54) is 10.4 Å². The minimum atomic E-state index is -3.65. The van der Waals surface area contributed by atoms with Crippen LogP contribution in [0.15, 0.2) is 35.2 Å².